The van der Waals surface area contributed by atoms with Gasteiger partial charge in [-0.05, 0) is 36.8 Å². The molecule has 4 aromatic rings. The van der Waals surface area contributed by atoms with Gasteiger partial charge in [-0.25, -0.2) is 0 Å². The summed E-state index contributed by atoms with van der Waals surface area (Å²) in [7, 11) is 0. The number of rotatable bonds is 8. The molecule has 176 valence electrons. The van der Waals surface area contributed by atoms with Gasteiger partial charge in [0.2, 0.25) is 0 Å². The monoisotopic (exact) mass is 473 g/mol. The van der Waals surface area contributed by atoms with Crippen LogP contribution in [0.5, 0.6) is 11.5 Å². The van der Waals surface area contributed by atoms with Crippen molar-refractivity contribution in [3.05, 3.63) is 116 Å². The number of carbonyl (C=O) groups excluding carboxylic acids is 1. The van der Waals surface area contributed by atoms with Gasteiger partial charge in [0.05, 0.1) is 28.1 Å². The van der Waals surface area contributed by atoms with Gasteiger partial charge in [-0.15, -0.1) is 0 Å². The second kappa shape index (κ2) is 9.83. The summed E-state index contributed by atoms with van der Waals surface area (Å²) < 4.78 is 7.14. The Bertz CT molecular complexity index is 1410. The minimum absolute atomic E-state index is 0.131. The van der Waals surface area contributed by atoms with Gasteiger partial charge in [-0.3, -0.25) is 29.7 Å². The number of hydrogen-bond donors (Lipinski definition) is 1. The lowest BCUT2D eigenvalue weighted by Gasteiger charge is -2.10. The molecule has 0 aliphatic carbocycles. The molecule has 4 rings (SSSR count). The molecule has 0 saturated heterocycles. The molecule has 11 nitrogen and oxygen atoms in total. The number of nitro groups is 2. The van der Waals surface area contributed by atoms with Gasteiger partial charge in [-0.1, -0.05) is 29.8 Å². The summed E-state index contributed by atoms with van der Waals surface area (Å²) in [6, 6.07) is 17.8. The van der Waals surface area contributed by atoms with Crippen molar-refractivity contribution in [2.45, 2.75) is 13.5 Å². The van der Waals surface area contributed by atoms with Gasteiger partial charge >= 0.3 is 5.69 Å². The normalized spacial score (nSPS) is 10.5. The third kappa shape index (κ3) is 5.85. The van der Waals surface area contributed by atoms with Gasteiger partial charge in [0.15, 0.2) is 0 Å². The summed E-state index contributed by atoms with van der Waals surface area (Å²) in [5.74, 6) is 0.215. The molecule has 0 saturated carbocycles. The van der Waals surface area contributed by atoms with E-state index in [1.807, 2.05) is 19.1 Å². The van der Waals surface area contributed by atoms with Crippen LogP contribution in [-0.4, -0.2) is 25.5 Å². The van der Waals surface area contributed by atoms with E-state index in [1.165, 1.54) is 29.1 Å². The maximum atomic E-state index is 12.9. The van der Waals surface area contributed by atoms with E-state index in [-0.39, 0.29) is 29.4 Å². The largest absolute Gasteiger partial charge is 0.457 e. The van der Waals surface area contributed by atoms with Crippen molar-refractivity contribution in [2.75, 3.05) is 5.32 Å². The van der Waals surface area contributed by atoms with Gasteiger partial charge in [-0.2, -0.15) is 5.10 Å². The van der Waals surface area contributed by atoms with E-state index in [1.54, 1.807) is 36.4 Å². The maximum Gasteiger partial charge on any atom is 0.307 e. The Morgan fingerprint density at radius 1 is 0.971 bits per heavy atom. The molecule has 35 heavy (non-hydrogen) atoms. The first-order valence-corrected chi connectivity index (χ1v) is 10.4. The number of benzene rings is 3. The minimum Gasteiger partial charge on any atom is -0.457 e. The summed E-state index contributed by atoms with van der Waals surface area (Å²) in [5, 5.41) is 28.9. The van der Waals surface area contributed by atoms with Crippen LogP contribution in [0, 0.1) is 27.2 Å². The Balaban J connectivity index is 1.53. The zero-order chi connectivity index (χ0) is 24.9. The van der Waals surface area contributed by atoms with Crippen molar-refractivity contribution in [2.24, 2.45) is 0 Å². The van der Waals surface area contributed by atoms with E-state index in [4.69, 9.17) is 4.74 Å². The molecule has 1 amide bonds. The third-order valence-electron chi connectivity index (χ3n) is 4.98. The highest BCUT2D eigenvalue weighted by Gasteiger charge is 2.15. The molecule has 0 spiro atoms. The van der Waals surface area contributed by atoms with Crippen molar-refractivity contribution in [1.29, 1.82) is 0 Å². The molecule has 3 aromatic carbocycles. The highest BCUT2D eigenvalue weighted by Crippen LogP contribution is 2.30. The van der Waals surface area contributed by atoms with Crippen LogP contribution in [0.25, 0.3) is 0 Å². The first-order chi connectivity index (χ1) is 16.8. The number of anilines is 1. The van der Waals surface area contributed by atoms with E-state index >= 15 is 0 Å². The number of carbonyl (C=O) groups is 1. The summed E-state index contributed by atoms with van der Waals surface area (Å²) in [5.41, 5.74) is 1.86. The summed E-state index contributed by atoms with van der Waals surface area (Å²) in [6.45, 7) is 2.15. The first-order valence-electron chi connectivity index (χ1n) is 10.4. The molecular formula is C24H19N5O6. The molecular weight excluding hydrogens is 454 g/mol. The smallest absolute Gasteiger partial charge is 0.307 e. The van der Waals surface area contributed by atoms with Crippen molar-refractivity contribution >= 4 is 23.0 Å². The zero-order valence-electron chi connectivity index (χ0n) is 18.5. The molecule has 1 N–H and O–H groups in total. The first kappa shape index (κ1) is 23.1. The number of aryl methyl sites for hydroxylation is 1. The number of nitrogens with zero attached hydrogens (tertiary/aromatic N) is 4. The van der Waals surface area contributed by atoms with Crippen LogP contribution in [0.1, 0.15) is 21.5 Å². The van der Waals surface area contributed by atoms with Crippen LogP contribution in [0.3, 0.4) is 0 Å². The molecule has 0 atom stereocenters. The SMILES string of the molecule is Cc1ccc(Oc2cc(NC(=O)c3cccc(Cn4cc([N+](=O)[O-])cn4)c3)cc([N+](=O)[O-])c2)cc1. The highest BCUT2D eigenvalue weighted by atomic mass is 16.6. The van der Waals surface area contributed by atoms with Crippen molar-refractivity contribution in [3.8, 4) is 11.5 Å². The Kier molecular flexibility index (Phi) is 6.49. The quantitative estimate of drug-likeness (QED) is 0.277. The Hall–Kier alpha value is -5.06. The van der Waals surface area contributed by atoms with E-state index in [0.29, 0.717) is 16.9 Å². The van der Waals surface area contributed by atoms with Crippen LogP contribution >= 0.6 is 0 Å². The van der Waals surface area contributed by atoms with Crippen LogP contribution < -0.4 is 10.1 Å². The average Bonchev–Trinajstić information content (AvgIpc) is 3.29. The predicted molar refractivity (Wildman–Crippen MR) is 127 cm³/mol. The fourth-order valence-electron chi connectivity index (χ4n) is 3.30. The third-order valence-corrected chi connectivity index (χ3v) is 4.98. The van der Waals surface area contributed by atoms with E-state index in [2.05, 4.69) is 10.4 Å². The zero-order valence-corrected chi connectivity index (χ0v) is 18.5. The molecule has 0 unspecified atom stereocenters. The Labute approximate surface area is 198 Å². The average molecular weight is 473 g/mol. The molecule has 0 fully saturated rings. The molecule has 0 radical (unpaired) electrons. The van der Waals surface area contributed by atoms with Crippen LogP contribution in [0.15, 0.2) is 79.1 Å². The summed E-state index contributed by atoms with van der Waals surface area (Å²) in [4.78, 5) is 34.0. The second-order valence-electron chi connectivity index (χ2n) is 7.70. The molecule has 0 aliphatic rings. The maximum absolute atomic E-state index is 12.9. The number of nitro benzene ring substituents is 1. The lowest BCUT2D eigenvalue weighted by atomic mass is 10.1. The number of ether oxygens (including phenoxy) is 1. The van der Waals surface area contributed by atoms with Gasteiger partial charge in [0, 0.05) is 17.7 Å². The van der Waals surface area contributed by atoms with E-state index in [0.717, 1.165) is 11.8 Å². The Morgan fingerprint density at radius 2 is 1.71 bits per heavy atom. The second-order valence-corrected chi connectivity index (χ2v) is 7.70. The number of amides is 1. The highest BCUT2D eigenvalue weighted by molar-refractivity contribution is 6.04. The number of nitrogens with one attached hydrogen (secondary N) is 1. The minimum atomic E-state index is -0.568. The van der Waals surface area contributed by atoms with Gasteiger partial charge in [0.25, 0.3) is 11.6 Å². The van der Waals surface area contributed by atoms with Gasteiger partial charge < -0.3 is 10.1 Å². The standard InChI is InChI=1S/C24H19N5O6/c1-16-5-7-22(8-6-16)35-23-11-19(10-20(12-23)28(31)32)26-24(30)18-4-2-3-17(9-18)14-27-15-21(13-25-27)29(33)34/h2-13,15H,14H2,1H3,(H,26,30). The summed E-state index contributed by atoms with van der Waals surface area (Å²) in [6.07, 6.45) is 2.44. The molecule has 1 heterocycles. The van der Waals surface area contributed by atoms with Crippen LogP contribution in [-0.2, 0) is 6.54 Å². The van der Waals surface area contributed by atoms with E-state index < -0.39 is 15.8 Å². The fourth-order valence-corrected chi connectivity index (χ4v) is 3.30. The topological polar surface area (TPSA) is 142 Å². The number of hydrogen-bond acceptors (Lipinski definition) is 7. The molecule has 0 aliphatic heterocycles. The molecule has 11 heteroatoms. The lowest BCUT2D eigenvalue weighted by molar-refractivity contribution is -0.385. The summed E-state index contributed by atoms with van der Waals surface area (Å²) >= 11 is 0. The Morgan fingerprint density at radius 3 is 2.40 bits per heavy atom. The molecule has 1 aromatic heterocycles. The van der Waals surface area contributed by atoms with Crippen molar-refractivity contribution < 1.29 is 19.4 Å². The van der Waals surface area contributed by atoms with E-state index in [9.17, 15) is 25.0 Å². The van der Waals surface area contributed by atoms with Crippen LogP contribution in [0.4, 0.5) is 17.1 Å². The van der Waals surface area contributed by atoms with Crippen molar-refractivity contribution in [3.63, 3.8) is 0 Å². The number of aromatic nitrogens is 2. The number of non-ortho nitro benzene ring substituents is 1. The molecule has 0 bridgehead atoms. The lowest BCUT2D eigenvalue weighted by Crippen LogP contribution is -2.13. The van der Waals surface area contributed by atoms with Crippen molar-refractivity contribution in [1.82, 2.24) is 9.78 Å². The predicted octanol–water partition coefficient (Wildman–Crippen LogP) is 5.10. The van der Waals surface area contributed by atoms with Gasteiger partial charge in [0.1, 0.15) is 23.9 Å². The fraction of sp³-hybridized carbons (Fsp3) is 0.0833. The van der Waals surface area contributed by atoms with Crippen LogP contribution in [0.2, 0.25) is 0 Å².